The molecule has 0 unspecified atom stereocenters. The number of hydrogen-bond acceptors (Lipinski definition) is 3. The predicted octanol–water partition coefficient (Wildman–Crippen LogP) is 5.03. The molecule has 138 valence electrons. The van der Waals surface area contributed by atoms with Crippen LogP contribution in [0.1, 0.15) is 12.5 Å². The summed E-state index contributed by atoms with van der Waals surface area (Å²) in [7, 11) is 0. The molecule has 5 nitrogen and oxygen atoms in total. The van der Waals surface area contributed by atoms with Gasteiger partial charge in [0, 0.05) is 28.1 Å². The molecule has 1 aliphatic rings. The lowest BCUT2D eigenvalue weighted by Crippen LogP contribution is -2.13. The molecule has 0 aliphatic carbocycles. The van der Waals surface area contributed by atoms with E-state index in [2.05, 4.69) is 26.6 Å². The van der Waals surface area contributed by atoms with Crippen LogP contribution in [0.2, 0.25) is 5.02 Å². The lowest BCUT2D eigenvalue weighted by atomic mass is 10.1. The summed E-state index contributed by atoms with van der Waals surface area (Å²) in [6.07, 6.45) is 5.04. The first-order chi connectivity index (χ1) is 12.9. The Labute approximate surface area is 170 Å². The molecule has 1 aliphatic heterocycles. The van der Waals surface area contributed by atoms with Crippen LogP contribution in [-0.2, 0) is 9.59 Å². The molecule has 2 aromatic carbocycles. The van der Waals surface area contributed by atoms with Crippen molar-refractivity contribution in [2.45, 2.75) is 6.92 Å². The quantitative estimate of drug-likeness (QED) is 0.646. The smallest absolute Gasteiger partial charge is 0.248 e. The highest BCUT2D eigenvalue weighted by molar-refractivity contribution is 9.10. The third-order valence-electron chi connectivity index (χ3n) is 3.71. The van der Waals surface area contributed by atoms with E-state index < -0.39 is 0 Å². The van der Waals surface area contributed by atoms with Crippen molar-refractivity contribution >= 4 is 56.8 Å². The Balaban J connectivity index is 1.73. The monoisotopic (exact) mass is 446 g/mol. The number of amides is 2. The summed E-state index contributed by atoms with van der Waals surface area (Å²) < 4.78 is 6.44. The molecule has 0 bridgehead atoms. The number of hydrogen-bond donors (Lipinski definition) is 2. The van der Waals surface area contributed by atoms with Gasteiger partial charge in [0.1, 0.15) is 12.4 Å². The molecule has 2 N–H and O–H groups in total. The Morgan fingerprint density at radius 1 is 1.15 bits per heavy atom. The summed E-state index contributed by atoms with van der Waals surface area (Å²) >= 11 is 9.36. The summed E-state index contributed by atoms with van der Waals surface area (Å²) in [5.74, 6) is 0.220. The molecule has 0 saturated heterocycles. The summed E-state index contributed by atoms with van der Waals surface area (Å²) in [5.41, 5.74) is 2.74. The molecule has 0 saturated carbocycles. The fourth-order valence-corrected chi connectivity index (χ4v) is 3.08. The van der Waals surface area contributed by atoms with E-state index in [0.29, 0.717) is 23.0 Å². The molecule has 2 amide bonds. The zero-order valence-electron chi connectivity index (χ0n) is 14.4. The number of carbonyl (C=O) groups is 2. The molecule has 0 radical (unpaired) electrons. The zero-order valence-corrected chi connectivity index (χ0v) is 16.7. The van der Waals surface area contributed by atoms with Crippen molar-refractivity contribution in [1.29, 1.82) is 0 Å². The minimum absolute atomic E-state index is 0.217. The summed E-state index contributed by atoms with van der Waals surface area (Å²) in [6.45, 7) is 1.78. The van der Waals surface area contributed by atoms with E-state index in [9.17, 15) is 9.59 Å². The van der Waals surface area contributed by atoms with Crippen molar-refractivity contribution in [3.8, 4) is 5.75 Å². The van der Waals surface area contributed by atoms with Crippen LogP contribution in [0.3, 0.4) is 0 Å². The lowest BCUT2D eigenvalue weighted by molar-refractivity contribution is -0.114. The van der Waals surface area contributed by atoms with Gasteiger partial charge in [0.2, 0.25) is 11.8 Å². The van der Waals surface area contributed by atoms with E-state index in [4.69, 9.17) is 16.3 Å². The van der Waals surface area contributed by atoms with Crippen LogP contribution in [0.4, 0.5) is 11.4 Å². The molecule has 0 fully saturated rings. The molecular weight excluding hydrogens is 432 g/mol. The maximum Gasteiger partial charge on any atom is 0.248 e. The third-order valence-corrected chi connectivity index (χ3v) is 4.43. The van der Waals surface area contributed by atoms with Crippen LogP contribution >= 0.6 is 27.5 Å². The van der Waals surface area contributed by atoms with Crippen LogP contribution in [0.5, 0.6) is 5.75 Å². The van der Waals surface area contributed by atoms with Crippen molar-refractivity contribution in [3.05, 3.63) is 69.2 Å². The van der Waals surface area contributed by atoms with Gasteiger partial charge in [0.25, 0.3) is 0 Å². The molecule has 2 aromatic rings. The van der Waals surface area contributed by atoms with Crippen molar-refractivity contribution in [2.75, 3.05) is 17.2 Å². The van der Waals surface area contributed by atoms with E-state index in [-0.39, 0.29) is 11.8 Å². The van der Waals surface area contributed by atoms with Gasteiger partial charge >= 0.3 is 0 Å². The fourth-order valence-electron chi connectivity index (χ4n) is 2.54. The first-order valence-electron chi connectivity index (χ1n) is 8.10. The van der Waals surface area contributed by atoms with Gasteiger partial charge in [-0.1, -0.05) is 33.6 Å². The standard InChI is InChI=1S/C20H16BrClN2O3/c1-12(25)23-17-5-3-15(21)10-18(17)24-20(26)7-2-13-8-14-9-16(22)4-6-19(14)27-11-13/h2-10H,11H2,1H3,(H,23,25)(H,24,26). The van der Waals surface area contributed by atoms with E-state index in [1.54, 1.807) is 30.3 Å². The lowest BCUT2D eigenvalue weighted by Gasteiger charge is -2.16. The largest absolute Gasteiger partial charge is 0.488 e. The average Bonchev–Trinajstić information content (AvgIpc) is 2.61. The van der Waals surface area contributed by atoms with Crippen molar-refractivity contribution in [3.63, 3.8) is 0 Å². The Kier molecular flexibility index (Phi) is 5.98. The SMILES string of the molecule is CC(=O)Nc1ccc(Br)cc1NC(=O)C=CC1=Cc2cc(Cl)ccc2OC1. The molecule has 3 rings (SSSR count). The number of rotatable bonds is 4. The van der Waals surface area contributed by atoms with E-state index in [1.165, 1.54) is 13.0 Å². The van der Waals surface area contributed by atoms with Gasteiger partial charge in [-0.15, -0.1) is 0 Å². The third kappa shape index (κ3) is 5.21. The maximum atomic E-state index is 12.3. The molecular formula is C20H16BrClN2O3. The fraction of sp³-hybridized carbons (Fsp3) is 0.100. The number of benzene rings is 2. The second-order valence-corrected chi connectivity index (χ2v) is 7.24. The van der Waals surface area contributed by atoms with E-state index >= 15 is 0 Å². The van der Waals surface area contributed by atoms with Gasteiger partial charge in [-0.3, -0.25) is 9.59 Å². The van der Waals surface area contributed by atoms with Gasteiger partial charge in [-0.2, -0.15) is 0 Å². The van der Waals surface area contributed by atoms with Crippen molar-refractivity contribution < 1.29 is 14.3 Å². The molecule has 0 aromatic heterocycles. The Bertz CT molecular complexity index is 970. The summed E-state index contributed by atoms with van der Waals surface area (Å²) in [4.78, 5) is 23.6. The minimum atomic E-state index is -0.322. The molecule has 1 heterocycles. The number of carbonyl (C=O) groups excluding carboxylic acids is 2. The normalized spacial score (nSPS) is 12.8. The zero-order chi connectivity index (χ0) is 19.4. The van der Waals surface area contributed by atoms with Crippen LogP contribution in [0.25, 0.3) is 6.08 Å². The van der Waals surface area contributed by atoms with E-state index in [0.717, 1.165) is 21.4 Å². The molecule has 27 heavy (non-hydrogen) atoms. The highest BCUT2D eigenvalue weighted by Gasteiger charge is 2.11. The number of anilines is 2. The second-order valence-electron chi connectivity index (χ2n) is 5.88. The molecule has 0 atom stereocenters. The minimum Gasteiger partial charge on any atom is -0.488 e. The van der Waals surface area contributed by atoms with Crippen LogP contribution in [-0.4, -0.2) is 18.4 Å². The number of fused-ring (bicyclic) bond motifs is 1. The summed E-state index contributed by atoms with van der Waals surface area (Å²) in [5, 5.41) is 6.07. The first-order valence-corrected chi connectivity index (χ1v) is 9.27. The van der Waals surface area contributed by atoms with Gasteiger partial charge in [-0.25, -0.2) is 0 Å². The van der Waals surface area contributed by atoms with Crippen molar-refractivity contribution in [2.24, 2.45) is 0 Å². The second kappa shape index (κ2) is 8.41. The average molecular weight is 448 g/mol. The Hall–Kier alpha value is -2.57. The molecule has 7 heteroatoms. The van der Waals surface area contributed by atoms with Crippen molar-refractivity contribution in [1.82, 2.24) is 0 Å². The molecule has 0 spiro atoms. The maximum absolute atomic E-state index is 12.3. The van der Waals surface area contributed by atoms with Gasteiger partial charge in [-0.05, 0) is 48.0 Å². The topological polar surface area (TPSA) is 67.4 Å². The number of halogens is 2. The Morgan fingerprint density at radius 2 is 1.96 bits per heavy atom. The highest BCUT2D eigenvalue weighted by atomic mass is 79.9. The van der Waals surface area contributed by atoms with Gasteiger partial charge in [0.05, 0.1) is 11.4 Å². The number of nitrogens with one attached hydrogen (secondary N) is 2. The van der Waals surface area contributed by atoms with Crippen LogP contribution in [0, 0.1) is 0 Å². The predicted molar refractivity (Wildman–Crippen MR) is 111 cm³/mol. The summed E-state index contributed by atoms with van der Waals surface area (Å²) in [6, 6.07) is 10.6. The van der Waals surface area contributed by atoms with Crippen LogP contribution < -0.4 is 15.4 Å². The highest BCUT2D eigenvalue weighted by Crippen LogP contribution is 2.29. The Morgan fingerprint density at radius 3 is 2.74 bits per heavy atom. The first kappa shape index (κ1) is 19.2. The van der Waals surface area contributed by atoms with Crippen LogP contribution in [0.15, 0.2) is 58.6 Å². The van der Waals surface area contributed by atoms with E-state index in [1.807, 2.05) is 18.2 Å². The van der Waals surface area contributed by atoms with Gasteiger partial charge < -0.3 is 15.4 Å². The number of ether oxygens (including phenoxy) is 1. The van der Waals surface area contributed by atoms with Gasteiger partial charge in [0.15, 0.2) is 0 Å².